The highest BCUT2D eigenvalue weighted by atomic mass is 32.1. The molecule has 0 radical (unpaired) electrons. The third-order valence-electron chi connectivity index (χ3n) is 4.01. The van der Waals surface area contributed by atoms with E-state index in [1.807, 2.05) is 30.3 Å². The molecular formula is C16H13F3N4OS. The number of alkyl halides is 3. The summed E-state index contributed by atoms with van der Waals surface area (Å²) in [6.45, 7) is -0.741. The molecule has 2 atom stereocenters. The van der Waals surface area contributed by atoms with Gasteiger partial charge in [0, 0.05) is 19.3 Å². The van der Waals surface area contributed by atoms with Gasteiger partial charge in [-0.2, -0.15) is 18.4 Å². The zero-order valence-corrected chi connectivity index (χ0v) is 13.6. The van der Waals surface area contributed by atoms with E-state index in [0.717, 1.165) is 15.3 Å². The summed E-state index contributed by atoms with van der Waals surface area (Å²) in [5, 5.41) is 11.5. The first kappa shape index (κ1) is 17.2. The van der Waals surface area contributed by atoms with Gasteiger partial charge >= 0.3 is 6.18 Å². The number of hydrogen-bond donors (Lipinski definition) is 1. The molecule has 1 fully saturated rings. The molecule has 0 spiro atoms. The maximum absolute atomic E-state index is 13.1. The van der Waals surface area contributed by atoms with Gasteiger partial charge in [-0.25, -0.2) is 4.98 Å². The minimum atomic E-state index is -4.54. The zero-order chi connectivity index (χ0) is 18.0. The number of benzene rings is 1. The smallest absolute Gasteiger partial charge is 0.309 e. The molecule has 130 valence electrons. The second-order valence-electron chi connectivity index (χ2n) is 5.64. The zero-order valence-electron chi connectivity index (χ0n) is 12.8. The number of likely N-dealkylation sites (tertiary alicyclic amines) is 1. The first-order valence-corrected chi connectivity index (χ1v) is 8.23. The molecule has 1 aliphatic heterocycles. The van der Waals surface area contributed by atoms with Crippen LogP contribution in [0.3, 0.4) is 0 Å². The Kier molecular flexibility index (Phi) is 4.63. The van der Waals surface area contributed by atoms with Gasteiger partial charge in [-0.05, 0) is 5.56 Å². The predicted molar refractivity (Wildman–Crippen MR) is 86.4 cm³/mol. The summed E-state index contributed by atoms with van der Waals surface area (Å²) >= 11 is 1.19. The number of amides is 1. The number of rotatable bonds is 3. The van der Waals surface area contributed by atoms with Gasteiger partial charge < -0.3 is 10.2 Å². The van der Waals surface area contributed by atoms with Crippen LogP contribution in [0.1, 0.15) is 0 Å². The lowest BCUT2D eigenvalue weighted by Crippen LogP contribution is -2.36. The van der Waals surface area contributed by atoms with Gasteiger partial charge in [0.2, 0.25) is 5.91 Å². The van der Waals surface area contributed by atoms with Crippen LogP contribution in [0.2, 0.25) is 0 Å². The van der Waals surface area contributed by atoms with E-state index in [9.17, 15) is 18.0 Å². The predicted octanol–water partition coefficient (Wildman–Crippen LogP) is 3.34. The van der Waals surface area contributed by atoms with Crippen LogP contribution in [0.25, 0.3) is 10.4 Å². The highest BCUT2D eigenvalue weighted by Crippen LogP contribution is 2.38. The number of anilines is 1. The van der Waals surface area contributed by atoms with Crippen molar-refractivity contribution >= 4 is 22.4 Å². The monoisotopic (exact) mass is 366 g/mol. The van der Waals surface area contributed by atoms with E-state index in [-0.39, 0.29) is 11.7 Å². The number of nitrogens with one attached hydrogen (secondary N) is 1. The Bertz CT molecular complexity index is 800. The van der Waals surface area contributed by atoms with Gasteiger partial charge in [0.05, 0.1) is 16.7 Å². The summed E-state index contributed by atoms with van der Waals surface area (Å²) in [6, 6.07) is 9.33. The van der Waals surface area contributed by atoms with Crippen molar-refractivity contribution in [3.05, 3.63) is 36.5 Å². The standard InChI is InChI=1S/C16H13F3N4OS/c17-16(18,19)12-8-23(9-20)7-11(12)14(24)22-15-21-6-13(25-15)10-4-2-1-3-5-10/h1-6,11-12H,7-8H2,(H,21,22,24)/t11?,12-/m1/s1. The number of hydrogen-bond acceptors (Lipinski definition) is 5. The molecule has 1 aromatic carbocycles. The molecule has 2 heterocycles. The van der Waals surface area contributed by atoms with Crippen LogP contribution >= 0.6 is 11.3 Å². The largest absolute Gasteiger partial charge is 0.394 e. The second-order valence-corrected chi connectivity index (χ2v) is 6.68. The van der Waals surface area contributed by atoms with Crippen LogP contribution in [0.15, 0.2) is 36.5 Å². The van der Waals surface area contributed by atoms with Crippen LogP contribution in [-0.4, -0.2) is 35.1 Å². The number of halogens is 3. The summed E-state index contributed by atoms with van der Waals surface area (Å²) in [5.41, 5.74) is 0.908. The van der Waals surface area contributed by atoms with E-state index in [0.29, 0.717) is 0 Å². The van der Waals surface area contributed by atoms with Crippen LogP contribution < -0.4 is 5.32 Å². The maximum atomic E-state index is 13.1. The molecule has 2 aromatic rings. The number of thiazole rings is 1. The van der Waals surface area contributed by atoms with Crippen molar-refractivity contribution in [2.75, 3.05) is 18.4 Å². The Hall–Kier alpha value is -2.60. The Morgan fingerprint density at radius 3 is 2.68 bits per heavy atom. The fraction of sp³-hybridized carbons (Fsp3) is 0.312. The molecule has 5 nitrogen and oxygen atoms in total. The summed E-state index contributed by atoms with van der Waals surface area (Å²) < 4.78 is 39.3. The van der Waals surface area contributed by atoms with Gasteiger partial charge in [-0.3, -0.25) is 4.79 Å². The summed E-state index contributed by atoms with van der Waals surface area (Å²) in [5.74, 6) is -3.96. The molecule has 0 saturated carbocycles. The van der Waals surface area contributed by atoms with Gasteiger partial charge in [-0.1, -0.05) is 41.7 Å². The fourth-order valence-electron chi connectivity index (χ4n) is 2.75. The third-order valence-corrected chi connectivity index (χ3v) is 4.97. The minimum absolute atomic E-state index is 0.236. The molecule has 0 bridgehead atoms. The van der Waals surface area contributed by atoms with E-state index in [2.05, 4.69) is 10.3 Å². The van der Waals surface area contributed by atoms with E-state index in [1.165, 1.54) is 11.3 Å². The number of nitriles is 1. The quantitative estimate of drug-likeness (QED) is 0.846. The number of carbonyl (C=O) groups excluding carboxylic acids is 1. The SMILES string of the molecule is N#CN1CC(C(=O)Nc2ncc(-c3ccccc3)s2)[C@H](C(F)(F)F)C1. The molecule has 0 aliphatic carbocycles. The highest BCUT2D eigenvalue weighted by molar-refractivity contribution is 7.19. The van der Waals surface area contributed by atoms with Crippen molar-refractivity contribution in [1.82, 2.24) is 9.88 Å². The fourth-order valence-corrected chi connectivity index (χ4v) is 3.57. The molecule has 1 aliphatic rings. The molecule has 1 N–H and O–H groups in total. The molecule has 1 amide bonds. The Morgan fingerprint density at radius 1 is 1.32 bits per heavy atom. The number of nitrogens with zero attached hydrogens (tertiary/aromatic N) is 3. The second kappa shape index (κ2) is 6.72. The minimum Gasteiger partial charge on any atom is -0.309 e. The molecule has 1 unspecified atom stereocenters. The normalized spacial score (nSPS) is 20.3. The van der Waals surface area contributed by atoms with Gasteiger partial charge in [0.25, 0.3) is 0 Å². The van der Waals surface area contributed by atoms with Crippen LogP contribution in [0.5, 0.6) is 0 Å². The third kappa shape index (κ3) is 3.74. The molecule has 9 heteroatoms. The topological polar surface area (TPSA) is 69.0 Å². The Morgan fingerprint density at radius 2 is 2.04 bits per heavy atom. The first-order valence-electron chi connectivity index (χ1n) is 7.42. The maximum Gasteiger partial charge on any atom is 0.394 e. The molecule has 25 heavy (non-hydrogen) atoms. The molecule has 1 saturated heterocycles. The highest BCUT2D eigenvalue weighted by Gasteiger charge is 2.52. The number of aromatic nitrogens is 1. The van der Waals surface area contributed by atoms with Gasteiger partial charge in [-0.15, -0.1) is 0 Å². The summed E-state index contributed by atoms with van der Waals surface area (Å²) in [7, 11) is 0. The average molecular weight is 366 g/mol. The van der Waals surface area contributed by atoms with Crippen LogP contribution in [0.4, 0.5) is 18.3 Å². The van der Waals surface area contributed by atoms with E-state index < -0.39 is 30.5 Å². The van der Waals surface area contributed by atoms with Gasteiger partial charge in [0.15, 0.2) is 11.3 Å². The summed E-state index contributed by atoms with van der Waals surface area (Å²) in [4.78, 5) is 18.1. The van der Waals surface area contributed by atoms with E-state index in [1.54, 1.807) is 12.4 Å². The lowest BCUT2D eigenvalue weighted by atomic mass is 9.95. The molecule has 1 aromatic heterocycles. The average Bonchev–Trinajstić information content (AvgIpc) is 3.22. The van der Waals surface area contributed by atoms with E-state index >= 15 is 0 Å². The van der Waals surface area contributed by atoms with Crippen LogP contribution in [-0.2, 0) is 4.79 Å². The molecular weight excluding hydrogens is 353 g/mol. The number of carbonyl (C=O) groups is 1. The first-order chi connectivity index (χ1) is 11.9. The Labute approximate surface area is 145 Å². The Balaban J connectivity index is 1.74. The summed E-state index contributed by atoms with van der Waals surface area (Å²) in [6.07, 6.45) is -1.29. The lowest BCUT2D eigenvalue weighted by Gasteiger charge is -2.19. The van der Waals surface area contributed by atoms with Crippen molar-refractivity contribution in [3.63, 3.8) is 0 Å². The molecule has 3 rings (SSSR count). The van der Waals surface area contributed by atoms with Crippen LogP contribution in [0, 0.1) is 23.3 Å². The van der Waals surface area contributed by atoms with Gasteiger partial charge in [0.1, 0.15) is 0 Å². The van der Waals surface area contributed by atoms with Crippen molar-refractivity contribution < 1.29 is 18.0 Å². The van der Waals surface area contributed by atoms with Crippen molar-refractivity contribution in [2.24, 2.45) is 11.8 Å². The van der Waals surface area contributed by atoms with Crippen molar-refractivity contribution in [1.29, 1.82) is 5.26 Å². The van der Waals surface area contributed by atoms with E-state index in [4.69, 9.17) is 5.26 Å². The lowest BCUT2D eigenvalue weighted by molar-refractivity contribution is -0.181. The van der Waals surface area contributed by atoms with Crippen molar-refractivity contribution in [3.8, 4) is 16.6 Å². The van der Waals surface area contributed by atoms with Crippen molar-refractivity contribution in [2.45, 2.75) is 6.18 Å².